The zero-order chi connectivity index (χ0) is 14.8. The van der Waals surface area contributed by atoms with Crippen LogP contribution in [0.4, 0.5) is 36.4 Å². The fourth-order valence-corrected chi connectivity index (χ4v) is 0.949. The molecule has 106 valence electrons. The summed E-state index contributed by atoms with van der Waals surface area (Å²) < 4.78 is 85.0. The molecule has 3 nitrogen and oxygen atoms in total. The molecule has 0 atom stereocenters. The van der Waals surface area contributed by atoms with Crippen molar-refractivity contribution in [3.05, 3.63) is 24.0 Å². The number of anilines is 1. The molecule has 0 radical (unpaired) electrons. The molecule has 1 rings (SSSR count). The lowest BCUT2D eigenvalue weighted by atomic mass is 10.3. The minimum Gasteiger partial charge on any atom is -0.319 e. The van der Waals surface area contributed by atoms with E-state index in [4.69, 9.17) is 0 Å². The van der Waals surface area contributed by atoms with Crippen LogP contribution < -0.4 is 5.32 Å². The number of amides is 1. The number of halogens is 7. The second-order valence-electron chi connectivity index (χ2n) is 3.31. The molecule has 10 heteroatoms. The second kappa shape index (κ2) is 5.02. The van der Waals surface area contributed by atoms with E-state index in [-0.39, 0.29) is 0 Å². The van der Waals surface area contributed by atoms with Crippen molar-refractivity contribution in [2.24, 2.45) is 0 Å². The van der Waals surface area contributed by atoms with Gasteiger partial charge in [0.2, 0.25) is 0 Å². The molecule has 19 heavy (non-hydrogen) atoms. The summed E-state index contributed by atoms with van der Waals surface area (Å²) in [4.78, 5) is 13.6. The van der Waals surface area contributed by atoms with Crippen molar-refractivity contribution in [3.63, 3.8) is 0 Å². The summed E-state index contributed by atoms with van der Waals surface area (Å²) in [6.07, 6.45) is -8.53. The van der Waals surface area contributed by atoms with Gasteiger partial charge in [0, 0.05) is 0 Å². The standard InChI is InChI=1S/C9H5F7N2O/c10-6(11)8(12,13)7(19)18-4-1-2-5(17-3-4)9(14,15)16/h1-3,6H,(H,18,19). The van der Waals surface area contributed by atoms with E-state index in [1.165, 1.54) is 5.32 Å². The van der Waals surface area contributed by atoms with E-state index < -0.39 is 35.8 Å². The molecule has 1 N–H and O–H groups in total. The first-order valence-electron chi connectivity index (χ1n) is 4.56. The molecule has 1 heterocycles. The van der Waals surface area contributed by atoms with Crippen LogP contribution in [-0.2, 0) is 11.0 Å². The van der Waals surface area contributed by atoms with E-state index >= 15 is 0 Å². The fraction of sp³-hybridized carbons (Fsp3) is 0.333. The molecule has 0 unspecified atom stereocenters. The number of carbonyl (C=O) groups is 1. The highest BCUT2D eigenvalue weighted by molar-refractivity contribution is 5.96. The monoisotopic (exact) mass is 290 g/mol. The van der Waals surface area contributed by atoms with Gasteiger partial charge in [-0.2, -0.15) is 22.0 Å². The lowest BCUT2D eigenvalue weighted by Crippen LogP contribution is -2.41. The Balaban J connectivity index is 2.82. The third-order valence-corrected chi connectivity index (χ3v) is 1.89. The third kappa shape index (κ3) is 3.55. The van der Waals surface area contributed by atoms with Crippen LogP contribution in [0.2, 0.25) is 0 Å². The lowest BCUT2D eigenvalue weighted by molar-refractivity contribution is -0.163. The van der Waals surface area contributed by atoms with Gasteiger partial charge in [-0.05, 0) is 12.1 Å². The van der Waals surface area contributed by atoms with Crippen LogP contribution in [0.1, 0.15) is 5.69 Å². The number of rotatable bonds is 3. The maximum atomic E-state index is 12.5. The van der Waals surface area contributed by atoms with Gasteiger partial charge >= 0.3 is 24.4 Å². The first kappa shape index (κ1) is 15.2. The Morgan fingerprint density at radius 1 is 1.16 bits per heavy atom. The highest BCUT2D eigenvalue weighted by atomic mass is 19.4. The largest absolute Gasteiger partial charge is 0.433 e. The Labute approximate surface area is 101 Å². The van der Waals surface area contributed by atoms with Gasteiger partial charge in [0.25, 0.3) is 0 Å². The number of pyridine rings is 1. The molecule has 0 fully saturated rings. The summed E-state index contributed by atoms with van der Waals surface area (Å²) in [5.41, 5.74) is -1.87. The number of alkyl halides is 7. The molecule has 0 saturated heterocycles. The molecule has 0 saturated carbocycles. The van der Waals surface area contributed by atoms with Crippen molar-refractivity contribution in [3.8, 4) is 0 Å². The van der Waals surface area contributed by atoms with E-state index in [2.05, 4.69) is 4.98 Å². The van der Waals surface area contributed by atoms with E-state index in [9.17, 15) is 35.5 Å². The number of hydrogen-bond acceptors (Lipinski definition) is 2. The van der Waals surface area contributed by atoms with E-state index in [1.807, 2.05) is 0 Å². The molecule has 0 aromatic carbocycles. The molecular weight excluding hydrogens is 285 g/mol. The van der Waals surface area contributed by atoms with Crippen molar-refractivity contribution in [2.75, 3.05) is 5.32 Å². The highest BCUT2D eigenvalue weighted by Gasteiger charge is 2.49. The summed E-state index contributed by atoms with van der Waals surface area (Å²) in [6.45, 7) is 0. The molecule has 1 amide bonds. The summed E-state index contributed by atoms with van der Waals surface area (Å²) in [5.74, 6) is -7.27. The smallest absolute Gasteiger partial charge is 0.319 e. The van der Waals surface area contributed by atoms with Gasteiger partial charge in [0.15, 0.2) is 0 Å². The molecule has 0 aliphatic heterocycles. The summed E-state index contributed by atoms with van der Waals surface area (Å²) in [5, 5.41) is 1.34. The second-order valence-corrected chi connectivity index (χ2v) is 3.31. The number of nitrogens with zero attached hydrogens (tertiary/aromatic N) is 1. The number of carbonyl (C=O) groups excluding carboxylic acids is 1. The fourth-order valence-electron chi connectivity index (χ4n) is 0.949. The van der Waals surface area contributed by atoms with Crippen LogP contribution in [0.25, 0.3) is 0 Å². The quantitative estimate of drug-likeness (QED) is 0.870. The average Bonchev–Trinajstić information content (AvgIpc) is 2.28. The van der Waals surface area contributed by atoms with Gasteiger partial charge in [-0.15, -0.1) is 0 Å². The van der Waals surface area contributed by atoms with Crippen LogP contribution in [0, 0.1) is 0 Å². The first-order valence-corrected chi connectivity index (χ1v) is 4.56. The van der Waals surface area contributed by atoms with Gasteiger partial charge < -0.3 is 5.32 Å². The van der Waals surface area contributed by atoms with Gasteiger partial charge in [-0.25, -0.2) is 13.8 Å². The minimum atomic E-state index is -4.94. The first-order chi connectivity index (χ1) is 8.55. The maximum Gasteiger partial charge on any atom is 0.433 e. The van der Waals surface area contributed by atoms with Crippen LogP contribution in [0.3, 0.4) is 0 Å². The molecule has 0 aliphatic carbocycles. The van der Waals surface area contributed by atoms with Crippen LogP contribution in [0.15, 0.2) is 18.3 Å². The van der Waals surface area contributed by atoms with Gasteiger partial charge in [0.1, 0.15) is 5.69 Å². The van der Waals surface area contributed by atoms with Crippen LogP contribution in [-0.4, -0.2) is 23.2 Å². The Morgan fingerprint density at radius 2 is 1.74 bits per heavy atom. The Hall–Kier alpha value is -1.87. The normalized spacial score (nSPS) is 12.6. The summed E-state index contributed by atoms with van der Waals surface area (Å²) >= 11 is 0. The van der Waals surface area contributed by atoms with Crippen molar-refractivity contribution in [1.29, 1.82) is 0 Å². The van der Waals surface area contributed by atoms with Gasteiger partial charge in [0.05, 0.1) is 11.9 Å². The van der Waals surface area contributed by atoms with Crippen molar-refractivity contribution >= 4 is 11.6 Å². The summed E-state index contributed by atoms with van der Waals surface area (Å²) in [6, 6.07) is 1.03. The molecule has 0 spiro atoms. The molecule has 1 aromatic rings. The van der Waals surface area contributed by atoms with Crippen molar-refractivity contribution in [2.45, 2.75) is 18.5 Å². The predicted molar refractivity (Wildman–Crippen MR) is 48.8 cm³/mol. The van der Waals surface area contributed by atoms with E-state index in [0.717, 1.165) is 0 Å². The zero-order valence-corrected chi connectivity index (χ0v) is 8.81. The van der Waals surface area contributed by atoms with Crippen molar-refractivity contribution < 1.29 is 35.5 Å². The predicted octanol–water partition coefficient (Wildman–Crippen LogP) is 2.94. The van der Waals surface area contributed by atoms with Crippen molar-refractivity contribution in [1.82, 2.24) is 4.98 Å². The number of hydrogen-bond donors (Lipinski definition) is 1. The molecule has 0 aliphatic rings. The third-order valence-electron chi connectivity index (χ3n) is 1.89. The van der Waals surface area contributed by atoms with E-state index in [1.54, 1.807) is 0 Å². The zero-order valence-electron chi connectivity index (χ0n) is 8.81. The average molecular weight is 290 g/mol. The summed E-state index contributed by atoms with van der Waals surface area (Å²) in [7, 11) is 0. The Morgan fingerprint density at radius 3 is 2.11 bits per heavy atom. The molecule has 1 aromatic heterocycles. The number of nitrogens with one attached hydrogen (secondary N) is 1. The van der Waals surface area contributed by atoms with Crippen LogP contribution in [0.5, 0.6) is 0 Å². The molecular formula is C9H5F7N2O. The lowest BCUT2D eigenvalue weighted by Gasteiger charge is -2.14. The minimum absolute atomic E-state index is 0.413. The SMILES string of the molecule is O=C(Nc1ccc(C(F)(F)F)nc1)C(F)(F)C(F)F. The number of aromatic nitrogens is 1. The maximum absolute atomic E-state index is 12.5. The topological polar surface area (TPSA) is 42.0 Å². The Bertz CT molecular complexity index is 455. The Kier molecular flexibility index (Phi) is 4.01. The van der Waals surface area contributed by atoms with Gasteiger partial charge in [-0.1, -0.05) is 0 Å². The van der Waals surface area contributed by atoms with Crippen LogP contribution >= 0.6 is 0 Å². The highest BCUT2D eigenvalue weighted by Crippen LogP contribution is 2.28. The van der Waals surface area contributed by atoms with Gasteiger partial charge in [-0.3, -0.25) is 4.79 Å². The molecule has 0 bridgehead atoms. The van der Waals surface area contributed by atoms with E-state index in [0.29, 0.717) is 18.3 Å².